The highest BCUT2D eigenvalue weighted by Crippen LogP contribution is 2.44. The number of nitrogens with one attached hydrogen (secondary N) is 2. The van der Waals surface area contributed by atoms with Crippen LogP contribution in [-0.2, 0) is 4.79 Å². The molecule has 4 atom stereocenters. The molecule has 3 N–H and O–H groups in total. The van der Waals surface area contributed by atoms with Gasteiger partial charge in [-0.05, 0) is 37.2 Å². The van der Waals surface area contributed by atoms with Crippen molar-refractivity contribution in [1.29, 1.82) is 0 Å². The summed E-state index contributed by atoms with van der Waals surface area (Å²) in [6.45, 7) is 0. The van der Waals surface area contributed by atoms with Crippen molar-refractivity contribution in [1.82, 2.24) is 25.1 Å². The van der Waals surface area contributed by atoms with Crippen molar-refractivity contribution in [2.75, 3.05) is 5.32 Å². The Morgan fingerprint density at radius 2 is 1.97 bits per heavy atom. The summed E-state index contributed by atoms with van der Waals surface area (Å²) in [4.78, 5) is 26.2. The van der Waals surface area contributed by atoms with Gasteiger partial charge in [0, 0.05) is 23.9 Å². The number of aromatic nitrogens is 5. The van der Waals surface area contributed by atoms with Crippen molar-refractivity contribution < 1.29 is 9.90 Å². The maximum Gasteiger partial charge on any atom is 0.308 e. The van der Waals surface area contributed by atoms with Gasteiger partial charge in [-0.25, -0.2) is 15.0 Å². The van der Waals surface area contributed by atoms with Crippen LogP contribution >= 0.6 is 11.6 Å². The molecule has 3 heterocycles. The molecule has 4 unspecified atom stereocenters. The molecule has 0 saturated heterocycles. The van der Waals surface area contributed by atoms with Gasteiger partial charge in [-0.2, -0.15) is 5.10 Å². The summed E-state index contributed by atoms with van der Waals surface area (Å²) >= 11 is 6.20. The quantitative estimate of drug-likeness (QED) is 0.343. The van der Waals surface area contributed by atoms with Crippen LogP contribution < -0.4 is 5.32 Å². The summed E-state index contributed by atoms with van der Waals surface area (Å²) in [6.07, 6.45) is 6.65. The number of aliphatic carboxylic acids is 1. The summed E-state index contributed by atoms with van der Waals surface area (Å²) in [5.74, 6) is 0.650. The Labute approximate surface area is 207 Å². The predicted molar refractivity (Wildman–Crippen MR) is 134 cm³/mol. The van der Waals surface area contributed by atoms with E-state index in [1.54, 1.807) is 12.3 Å². The summed E-state index contributed by atoms with van der Waals surface area (Å²) < 4.78 is 0. The number of aromatic amines is 1. The molecule has 2 saturated carbocycles. The highest BCUT2D eigenvalue weighted by atomic mass is 35.5. The molecule has 2 aliphatic carbocycles. The molecule has 4 aromatic rings. The molecule has 6 rings (SSSR count). The van der Waals surface area contributed by atoms with Gasteiger partial charge in [-0.15, -0.1) is 0 Å². The third kappa shape index (κ3) is 4.23. The van der Waals surface area contributed by atoms with E-state index >= 15 is 0 Å². The molecule has 2 fully saturated rings. The van der Waals surface area contributed by atoms with Crippen molar-refractivity contribution in [3.8, 4) is 22.8 Å². The van der Waals surface area contributed by atoms with Gasteiger partial charge in [0.25, 0.3) is 0 Å². The first-order valence-electron chi connectivity index (χ1n) is 12.0. The molecule has 2 aliphatic rings. The molecule has 0 radical (unpaired) electrons. The van der Waals surface area contributed by atoms with Gasteiger partial charge in [0.2, 0.25) is 0 Å². The molecule has 0 amide bonds. The van der Waals surface area contributed by atoms with Crippen LogP contribution in [0.2, 0.25) is 5.02 Å². The van der Waals surface area contributed by atoms with Gasteiger partial charge in [-0.3, -0.25) is 9.89 Å². The van der Waals surface area contributed by atoms with Crippen molar-refractivity contribution in [3.63, 3.8) is 0 Å². The number of pyridine rings is 1. The first-order chi connectivity index (χ1) is 17.0. The molecule has 178 valence electrons. The zero-order valence-electron chi connectivity index (χ0n) is 19.0. The molecule has 0 aliphatic heterocycles. The lowest BCUT2D eigenvalue weighted by Crippen LogP contribution is -2.47. The normalized spacial score (nSPS) is 23.8. The van der Waals surface area contributed by atoms with Crippen molar-refractivity contribution >= 4 is 34.4 Å². The van der Waals surface area contributed by atoms with E-state index in [2.05, 4.69) is 20.5 Å². The third-order valence-corrected chi connectivity index (χ3v) is 7.57. The number of nitrogens with zero attached hydrogens (tertiary/aromatic N) is 4. The number of benzene rings is 1. The highest BCUT2D eigenvalue weighted by Gasteiger charge is 2.43. The Morgan fingerprint density at radius 3 is 2.80 bits per heavy atom. The minimum Gasteiger partial charge on any atom is -0.481 e. The molecule has 9 heteroatoms. The second kappa shape index (κ2) is 8.92. The van der Waals surface area contributed by atoms with E-state index in [0.717, 1.165) is 42.3 Å². The minimum absolute atomic E-state index is 0.183. The van der Waals surface area contributed by atoms with Crippen LogP contribution in [0.15, 0.2) is 48.7 Å². The molecule has 1 aromatic carbocycles. The van der Waals surface area contributed by atoms with E-state index in [0.29, 0.717) is 33.9 Å². The summed E-state index contributed by atoms with van der Waals surface area (Å²) in [6, 6.07) is 13.4. The maximum absolute atomic E-state index is 12.3. The molecule has 8 nitrogen and oxygen atoms in total. The fraction of sp³-hybridized carbons (Fsp3) is 0.346. The van der Waals surface area contributed by atoms with Crippen LogP contribution in [0.3, 0.4) is 0 Å². The van der Waals surface area contributed by atoms with Crippen LogP contribution in [0.1, 0.15) is 32.1 Å². The SMILES string of the molecule is O=C(O)C1C2CCCC(C2)CC1Nc1cc(-c2ccccc2)nc(-c2[nH]nc3ncc(Cl)cc23)n1. The molecule has 35 heavy (non-hydrogen) atoms. The number of halogens is 1. The number of rotatable bonds is 5. The second-order valence-electron chi connectivity index (χ2n) is 9.59. The zero-order valence-corrected chi connectivity index (χ0v) is 19.7. The third-order valence-electron chi connectivity index (χ3n) is 7.37. The van der Waals surface area contributed by atoms with Gasteiger partial charge in [0.05, 0.1) is 22.0 Å². The lowest BCUT2D eigenvalue weighted by molar-refractivity contribution is -0.146. The summed E-state index contributed by atoms with van der Waals surface area (Å²) in [7, 11) is 0. The molecule has 3 aromatic heterocycles. The number of hydrogen-bond acceptors (Lipinski definition) is 6. The van der Waals surface area contributed by atoms with E-state index in [-0.39, 0.29) is 12.0 Å². The van der Waals surface area contributed by atoms with E-state index in [9.17, 15) is 9.90 Å². The van der Waals surface area contributed by atoms with Crippen LogP contribution in [-0.4, -0.2) is 42.3 Å². The zero-order chi connectivity index (χ0) is 23.9. The fourth-order valence-corrected chi connectivity index (χ4v) is 6.01. The fourth-order valence-electron chi connectivity index (χ4n) is 5.85. The number of carboxylic acid groups (broad SMARTS) is 1. The van der Waals surface area contributed by atoms with E-state index in [4.69, 9.17) is 21.6 Å². The van der Waals surface area contributed by atoms with Gasteiger partial charge < -0.3 is 10.4 Å². The van der Waals surface area contributed by atoms with Gasteiger partial charge in [-0.1, -0.05) is 54.8 Å². The highest BCUT2D eigenvalue weighted by molar-refractivity contribution is 6.31. The van der Waals surface area contributed by atoms with Crippen molar-refractivity contribution in [2.24, 2.45) is 17.8 Å². The van der Waals surface area contributed by atoms with Crippen LogP contribution in [0.25, 0.3) is 33.8 Å². The molecular weight excluding hydrogens is 464 g/mol. The Balaban J connectivity index is 1.44. The Kier molecular flexibility index (Phi) is 5.60. The summed E-state index contributed by atoms with van der Waals surface area (Å²) in [5, 5.41) is 22.1. The van der Waals surface area contributed by atoms with Crippen LogP contribution in [0.4, 0.5) is 5.82 Å². The topological polar surface area (TPSA) is 117 Å². The summed E-state index contributed by atoms with van der Waals surface area (Å²) in [5.41, 5.74) is 2.82. The Hall–Kier alpha value is -3.52. The standard InChI is InChI=1S/C26H25ClN6O2/c27-17-11-18-23(32-33-24(18)28-13-17)25-30-19(15-6-2-1-3-7-15)12-21(31-25)29-20-10-14-5-4-8-16(9-14)22(20)26(34)35/h1-3,6-7,11-14,16,20,22H,4-5,8-10H2,(H,34,35)(H,28,32,33)(H,29,30,31). The number of anilines is 1. The average Bonchev–Trinajstić information content (AvgIpc) is 3.27. The lowest BCUT2D eigenvalue weighted by atomic mass is 9.64. The smallest absolute Gasteiger partial charge is 0.308 e. The number of H-pyrrole nitrogens is 1. The van der Waals surface area contributed by atoms with E-state index < -0.39 is 11.9 Å². The van der Waals surface area contributed by atoms with Crippen molar-refractivity contribution in [2.45, 2.75) is 38.1 Å². The Bertz CT molecular complexity index is 1390. The van der Waals surface area contributed by atoms with E-state index in [1.165, 1.54) is 6.42 Å². The first-order valence-corrected chi connectivity index (χ1v) is 12.4. The number of hydrogen-bond donors (Lipinski definition) is 3. The minimum atomic E-state index is -0.731. The lowest BCUT2D eigenvalue weighted by Gasteiger charge is -2.43. The Morgan fingerprint density at radius 1 is 1.11 bits per heavy atom. The van der Waals surface area contributed by atoms with Crippen LogP contribution in [0, 0.1) is 17.8 Å². The molecule has 0 spiro atoms. The first kappa shape index (κ1) is 22.0. The van der Waals surface area contributed by atoms with Gasteiger partial charge in [0.15, 0.2) is 11.5 Å². The van der Waals surface area contributed by atoms with Crippen molar-refractivity contribution in [3.05, 3.63) is 53.7 Å². The molecule has 2 bridgehead atoms. The largest absolute Gasteiger partial charge is 0.481 e. The average molecular weight is 489 g/mol. The maximum atomic E-state index is 12.3. The second-order valence-corrected chi connectivity index (χ2v) is 10.0. The number of carboxylic acids is 1. The van der Waals surface area contributed by atoms with Gasteiger partial charge in [0.1, 0.15) is 11.5 Å². The monoisotopic (exact) mass is 488 g/mol. The van der Waals surface area contributed by atoms with Gasteiger partial charge >= 0.3 is 5.97 Å². The molecular formula is C26H25ClN6O2. The predicted octanol–water partition coefficient (Wildman–Crippen LogP) is 5.43. The van der Waals surface area contributed by atoms with Crippen LogP contribution in [0.5, 0.6) is 0 Å². The number of carbonyl (C=O) groups is 1. The number of fused-ring (bicyclic) bond motifs is 3. The van der Waals surface area contributed by atoms with E-state index in [1.807, 2.05) is 36.4 Å².